The minimum atomic E-state index is -5.47. The highest BCUT2D eigenvalue weighted by Gasteiger charge is 2.46. The summed E-state index contributed by atoms with van der Waals surface area (Å²) in [6.45, 7) is 1.79. The molecule has 420 valence electrons. The Morgan fingerprint density at radius 2 is 1.34 bits per heavy atom. The Hall–Kier alpha value is -3.88. The van der Waals surface area contributed by atoms with Gasteiger partial charge in [-0.25, -0.2) is 13.9 Å². The number of allylic oxidation sites excluding steroid dienone is 8. The van der Waals surface area contributed by atoms with Gasteiger partial charge in [-0.1, -0.05) is 177 Å². The van der Waals surface area contributed by atoms with E-state index >= 15 is 0 Å². The van der Waals surface area contributed by atoms with Crippen LogP contribution in [0, 0.1) is 0 Å². The number of carbonyl (C=O) groups is 2. The van der Waals surface area contributed by atoms with Gasteiger partial charge in [0.25, 0.3) is 0 Å². The molecule has 1 aromatic rings. The van der Waals surface area contributed by atoms with E-state index in [0.29, 0.717) is 32.1 Å². The lowest BCUT2D eigenvalue weighted by molar-refractivity contribution is -0.161. The van der Waals surface area contributed by atoms with Gasteiger partial charge in [-0.05, 0) is 44.6 Å². The van der Waals surface area contributed by atoms with Crippen molar-refractivity contribution < 1.29 is 76.5 Å². The van der Waals surface area contributed by atoms with E-state index in [1.807, 2.05) is 37.3 Å². The molecule has 1 fully saturated rings. The van der Waals surface area contributed by atoms with Gasteiger partial charge in [0.1, 0.15) is 30.7 Å². The molecule has 0 radical (unpaired) electrons. The second kappa shape index (κ2) is 39.5. The van der Waals surface area contributed by atoms with Crippen molar-refractivity contribution in [2.24, 2.45) is 0 Å². The van der Waals surface area contributed by atoms with Crippen molar-refractivity contribution in [3.63, 3.8) is 0 Å². The highest BCUT2D eigenvalue weighted by Crippen LogP contribution is 2.60. The highest BCUT2D eigenvalue weighted by atomic mass is 31.3. The number of aliphatic hydroxyl groups is 4. The molecule has 0 spiro atoms. The summed E-state index contributed by atoms with van der Waals surface area (Å²) < 4.78 is 56.6. The number of anilines is 1. The monoisotopic (exact) mass is 1090 g/mol. The Balaban J connectivity index is 1.85. The number of hydrogen-bond acceptors (Lipinski definition) is 17. The molecule has 0 aliphatic carbocycles. The number of nitrogen functional groups attached to an aromatic ring is 1. The number of nitrogens with zero attached hydrogens (tertiary/aromatic N) is 2. The first-order valence-electron chi connectivity index (χ1n) is 26.2. The molecule has 1 aliphatic heterocycles. The number of phosphoric acid groups is 2. The summed E-state index contributed by atoms with van der Waals surface area (Å²) in [5, 5.41) is 41.0. The molecule has 20 nitrogen and oxygen atoms in total. The van der Waals surface area contributed by atoms with Gasteiger partial charge in [0.15, 0.2) is 12.3 Å². The quantitative estimate of drug-likeness (QED) is 0.0106. The lowest BCUT2D eigenvalue weighted by Crippen LogP contribution is -2.36. The van der Waals surface area contributed by atoms with Gasteiger partial charge in [0.2, 0.25) is 0 Å². The molecule has 1 saturated heterocycles. The average Bonchev–Trinajstić information content (AvgIpc) is 3.63. The molecule has 74 heavy (non-hydrogen) atoms. The van der Waals surface area contributed by atoms with Crippen LogP contribution in [-0.4, -0.2) is 108 Å². The normalized spacial score (nSPS) is 20.3. The van der Waals surface area contributed by atoms with E-state index in [4.69, 9.17) is 29.0 Å². The van der Waals surface area contributed by atoms with Gasteiger partial charge in [-0.2, -0.15) is 9.29 Å². The fraction of sp³-hybridized carbons (Fsp3) is 0.654. The van der Waals surface area contributed by atoms with Crippen molar-refractivity contribution in [3.05, 3.63) is 95.7 Å². The van der Waals surface area contributed by atoms with E-state index in [-0.39, 0.29) is 18.7 Å². The second-order valence-corrected chi connectivity index (χ2v) is 21.1. The number of aromatic nitrogens is 2. The van der Waals surface area contributed by atoms with E-state index in [2.05, 4.69) is 16.2 Å². The van der Waals surface area contributed by atoms with Crippen LogP contribution in [0.5, 0.6) is 0 Å². The van der Waals surface area contributed by atoms with Crippen molar-refractivity contribution in [1.82, 2.24) is 9.55 Å². The number of nitrogens with two attached hydrogens (primary N) is 1. The topological polar surface area (TPSA) is 306 Å². The zero-order valence-corrected chi connectivity index (χ0v) is 45.1. The molecule has 2 rings (SSSR count). The van der Waals surface area contributed by atoms with Crippen LogP contribution in [-0.2, 0) is 46.3 Å². The van der Waals surface area contributed by atoms with E-state index < -0.39 is 95.9 Å². The Kier molecular flexibility index (Phi) is 35.3. The summed E-state index contributed by atoms with van der Waals surface area (Å²) in [7, 11) is -10.9. The number of rotatable bonds is 42. The molecule has 0 bridgehead atoms. The minimum absolute atomic E-state index is 0.00680. The summed E-state index contributed by atoms with van der Waals surface area (Å²) in [6.07, 6.45) is 33.3. The van der Waals surface area contributed by atoms with Crippen molar-refractivity contribution >= 4 is 33.4 Å². The van der Waals surface area contributed by atoms with Gasteiger partial charge < -0.3 is 50.2 Å². The molecule has 0 aromatic carbocycles. The molecular formula is C52H85N3O17P2. The van der Waals surface area contributed by atoms with Crippen LogP contribution in [0.2, 0.25) is 0 Å². The van der Waals surface area contributed by atoms with Crippen LogP contribution in [0.25, 0.3) is 0 Å². The van der Waals surface area contributed by atoms with E-state index in [9.17, 15) is 53.7 Å². The van der Waals surface area contributed by atoms with Crippen molar-refractivity contribution in [1.29, 1.82) is 0 Å². The predicted octanol–water partition coefficient (Wildman–Crippen LogP) is 8.83. The summed E-state index contributed by atoms with van der Waals surface area (Å²) >= 11 is 0. The first kappa shape index (κ1) is 66.2. The van der Waals surface area contributed by atoms with Gasteiger partial charge in [0, 0.05) is 19.0 Å². The maximum Gasteiger partial charge on any atom is 0.481 e. The van der Waals surface area contributed by atoms with Crippen LogP contribution >= 0.6 is 15.6 Å². The minimum Gasteiger partial charge on any atom is -0.462 e. The Morgan fingerprint density at radius 1 is 0.743 bits per heavy atom. The van der Waals surface area contributed by atoms with Crippen molar-refractivity contribution in [2.45, 2.75) is 198 Å². The second-order valence-electron chi connectivity index (χ2n) is 18.0. The number of aliphatic hydroxyl groups excluding tert-OH is 4. The molecule has 0 saturated carbocycles. The molecule has 2 heterocycles. The highest BCUT2D eigenvalue weighted by molar-refractivity contribution is 7.61. The first-order valence-corrected chi connectivity index (χ1v) is 29.2. The first-order chi connectivity index (χ1) is 35.5. The fourth-order valence-electron chi connectivity index (χ4n) is 7.41. The summed E-state index contributed by atoms with van der Waals surface area (Å²) in [5.41, 5.74) is 4.57. The Bertz CT molecular complexity index is 2060. The zero-order valence-electron chi connectivity index (χ0n) is 43.3. The maximum atomic E-state index is 12.9. The summed E-state index contributed by atoms with van der Waals surface area (Å²) in [4.78, 5) is 61.9. The standard InChI is InChI=1S/C52H85N3O17P2/c1-3-5-7-8-9-10-11-12-13-14-15-16-20-23-29-36-48(59)70-44(39-67-47(58)35-30-24-28-34-43(57)33-27-22-19-17-18-21-26-32-42(56)31-25-6-4-2)40-68-73(63,64)72-74(65,66)69-41-45-49(60)50(61)51(71-45)55-38-37-46(53)54-52(55)62/h6,18-19,21-22,25-28,32-34,37-38,42-45,49-51,56-57,60-61H,3-5,7-17,20,23-24,29-31,35-36,39-41H2,1-2H3,(H,63,64)(H,65,66)(H2,53,54,62)/b21-18-,22-19-,25-6-,32-26+,33-27+,34-28-/t42-,43-,44-,45-,49-,50-,51-/m1/s1. The Morgan fingerprint density at radius 3 is 1.96 bits per heavy atom. The number of esters is 2. The molecule has 9 atom stereocenters. The zero-order chi connectivity index (χ0) is 54.5. The molecule has 22 heteroatoms. The number of carbonyl (C=O) groups excluding carboxylic acids is 2. The molecule has 1 aromatic heterocycles. The van der Waals surface area contributed by atoms with Gasteiger partial charge in [-0.3, -0.25) is 23.2 Å². The molecule has 8 N–H and O–H groups in total. The van der Waals surface area contributed by atoms with Crippen molar-refractivity contribution in [2.75, 3.05) is 25.6 Å². The third-order valence-corrected chi connectivity index (χ3v) is 14.1. The molecule has 2 unspecified atom stereocenters. The van der Waals surface area contributed by atoms with Crippen LogP contribution < -0.4 is 11.4 Å². The lowest BCUT2D eigenvalue weighted by Gasteiger charge is -2.21. The van der Waals surface area contributed by atoms with Crippen LogP contribution in [0.4, 0.5) is 5.82 Å². The summed E-state index contributed by atoms with van der Waals surface area (Å²) in [6, 6.07) is 1.23. The lowest BCUT2D eigenvalue weighted by atomic mass is 10.0. The SMILES string of the molecule is CC/C=C\C[C@@H](O)/C=C/C=C\C/C=C\C=C\[C@@H](O)/C=C\CCCC(=O)OC[C@H](COP(=O)(O)OP(=O)(O)OC[C@H]1O[C@@H](n2ccc(N)nc2=O)[C@H](O)[C@@H]1O)OC(=O)CCCCCCCCCCCCCCCCC. The summed E-state index contributed by atoms with van der Waals surface area (Å²) in [5.74, 6) is -1.49. The van der Waals surface area contributed by atoms with E-state index in [0.717, 1.165) is 42.9 Å². The average molecular weight is 1090 g/mol. The maximum absolute atomic E-state index is 12.9. The molecule has 1 aliphatic rings. The van der Waals surface area contributed by atoms with Gasteiger partial charge >= 0.3 is 33.3 Å². The molecular weight excluding hydrogens is 1000 g/mol. The third kappa shape index (κ3) is 31.9. The van der Waals surface area contributed by atoms with E-state index in [1.54, 1.807) is 42.5 Å². The van der Waals surface area contributed by atoms with Gasteiger partial charge in [-0.15, -0.1) is 0 Å². The van der Waals surface area contributed by atoms with Crippen LogP contribution in [0.3, 0.4) is 0 Å². The smallest absolute Gasteiger partial charge is 0.462 e. The number of phosphoric ester groups is 2. The largest absolute Gasteiger partial charge is 0.481 e. The number of ether oxygens (including phenoxy) is 3. The third-order valence-electron chi connectivity index (χ3n) is 11.5. The number of unbranched alkanes of at least 4 members (excludes halogenated alkanes) is 15. The fourth-order valence-corrected chi connectivity index (χ4v) is 9.52. The van der Waals surface area contributed by atoms with Crippen LogP contribution in [0.15, 0.2) is 90.0 Å². The van der Waals surface area contributed by atoms with E-state index in [1.165, 1.54) is 70.3 Å². The predicted molar refractivity (Wildman–Crippen MR) is 282 cm³/mol. The Labute approximate surface area is 437 Å². The van der Waals surface area contributed by atoms with Gasteiger partial charge in [0.05, 0.1) is 25.4 Å². The number of hydrogen-bond donors (Lipinski definition) is 7. The van der Waals surface area contributed by atoms with Crippen LogP contribution in [0.1, 0.15) is 161 Å². The van der Waals surface area contributed by atoms with Crippen molar-refractivity contribution in [3.8, 4) is 0 Å². The molecule has 0 amide bonds.